The monoisotopic (exact) mass is 217 g/mol. The minimum absolute atomic E-state index is 0.877. The summed E-state index contributed by atoms with van der Waals surface area (Å²) in [4.78, 5) is 6.38. The van der Waals surface area contributed by atoms with E-state index in [0.717, 1.165) is 17.0 Å². The molecule has 3 nitrogen and oxygen atoms in total. The van der Waals surface area contributed by atoms with Crippen LogP contribution in [0.1, 0.15) is 5.82 Å². The van der Waals surface area contributed by atoms with Crippen LogP contribution in [-0.4, -0.2) is 28.5 Å². The molecule has 4 heteroatoms. The topological polar surface area (TPSA) is 21.1 Å². The van der Waals surface area contributed by atoms with Gasteiger partial charge in [-0.05, 0) is 30.0 Å². The van der Waals surface area contributed by atoms with Crippen LogP contribution >= 0.6 is 15.9 Å². The van der Waals surface area contributed by atoms with Crippen molar-refractivity contribution in [2.75, 3.05) is 14.1 Å². The molecule has 0 bridgehead atoms. The van der Waals surface area contributed by atoms with E-state index in [2.05, 4.69) is 25.8 Å². The molecule has 0 unspecified atom stereocenters. The van der Waals surface area contributed by atoms with E-state index in [0.29, 0.717) is 0 Å². The molecule has 0 fully saturated rings. The van der Waals surface area contributed by atoms with Crippen molar-refractivity contribution in [2.24, 2.45) is 7.05 Å². The Morgan fingerprint density at radius 3 is 2.64 bits per heavy atom. The van der Waals surface area contributed by atoms with E-state index in [9.17, 15) is 0 Å². The highest BCUT2D eigenvalue weighted by molar-refractivity contribution is 9.10. The Balaban J connectivity index is 2.77. The molecule has 0 aliphatic heterocycles. The Labute approximate surface area is 75.2 Å². The molecule has 0 aromatic carbocycles. The van der Waals surface area contributed by atoms with Gasteiger partial charge in [0.05, 0.1) is 6.54 Å². The molecule has 0 aliphatic rings. The largest absolute Gasteiger partial charge is 0.336 e. The van der Waals surface area contributed by atoms with Gasteiger partial charge >= 0.3 is 0 Å². The quantitative estimate of drug-likeness (QED) is 0.744. The van der Waals surface area contributed by atoms with Gasteiger partial charge in [-0.25, -0.2) is 4.98 Å². The van der Waals surface area contributed by atoms with Crippen molar-refractivity contribution in [3.63, 3.8) is 0 Å². The van der Waals surface area contributed by atoms with Crippen molar-refractivity contribution in [1.29, 1.82) is 0 Å². The second-order valence-corrected chi connectivity index (χ2v) is 3.64. The Kier molecular flexibility index (Phi) is 2.67. The molecule has 1 aromatic heterocycles. The van der Waals surface area contributed by atoms with Gasteiger partial charge in [0, 0.05) is 13.2 Å². The summed E-state index contributed by atoms with van der Waals surface area (Å²) in [6.07, 6.45) is 1.96. The molecule has 0 N–H and O–H groups in total. The fraction of sp³-hybridized carbons (Fsp3) is 0.571. The van der Waals surface area contributed by atoms with Crippen LogP contribution in [0.3, 0.4) is 0 Å². The van der Waals surface area contributed by atoms with Crippen molar-refractivity contribution in [3.8, 4) is 0 Å². The van der Waals surface area contributed by atoms with Crippen molar-refractivity contribution < 1.29 is 0 Å². The maximum absolute atomic E-state index is 4.29. The first kappa shape index (κ1) is 8.74. The van der Waals surface area contributed by atoms with Gasteiger partial charge in [0.25, 0.3) is 0 Å². The van der Waals surface area contributed by atoms with Crippen LogP contribution in [0, 0.1) is 0 Å². The molecule has 0 amide bonds. The molecule has 62 valence electrons. The smallest absolute Gasteiger partial charge is 0.124 e. The fourth-order valence-corrected chi connectivity index (χ4v) is 1.41. The summed E-state index contributed by atoms with van der Waals surface area (Å²) in [6.45, 7) is 0.877. The summed E-state index contributed by atoms with van der Waals surface area (Å²) in [6, 6.07) is 0. The van der Waals surface area contributed by atoms with Crippen LogP contribution in [0.2, 0.25) is 0 Å². The van der Waals surface area contributed by atoms with Gasteiger partial charge in [-0.15, -0.1) is 0 Å². The van der Waals surface area contributed by atoms with E-state index < -0.39 is 0 Å². The normalized spacial score (nSPS) is 11.0. The van der Waals surface area contributed by atoms with Gasteiger partial charge in [-0.2, -0.15) is 0 Å². The first-order valence-corrected chi connectivity index (χ1v) is 4.21. The summed E-state index contributed by atoms with van der Waals surface area (Å²) in [5, 5.41) is 0. The molecule has 1 heterocycles. The fourth-order valence-electron chi connectivity index (χ4n) is 0.895. The minimum atomic E-state index is 0.877. The Morgan fingerprint density at radius 2 is 2.27 bits per heavy atom. The summed E-state index contributed by atoms with van der Waals surface area (Å²) >= 11 is 3.32. The molecule has 1 aromatic rings. The van der Waals surface area contributed by atoms with Crippen molar-refractivity contribution in [2.45, 2.75) is 6.54 Å². The molecule has 0 atom stereocenters. The lowest BCUT2D eigenvalue weighted by Gasteiger charge is -2.07. The minimum Gasteiger partial charge on any atom is -0.336 e. The summed E-state index contributed by atoms with van der Waals surface area (Å²) in [5.41, 5.74) is 0. The third-order valence-electron chi connectivity index (χ3n) is 1.40. The van der Waals surface area contributed by atoms with Gasteiger partial charge in [0.15, 0.2) is 0 Å². The van der Waals surface area contributed by atoms with Crippen LogP contribution in [0.5, 0.6) is 0 Å². The lowest BCUT2D eigenvalue weighted by atomic mass is 10.5. The van der Waals surface area contributed by atoms with Crippen LogP contribution in [-0.2, 0) is 13.6 Å². The van der Waals surface area contributed by atoms with Crippen LogP contribution in [0.15, 0.2) is 10.8 Å². The number of halogens is 1. The molecule has 0 spiro atoms. The zero-order chi connectivity index (χ0) is 8.43. The van der Waals surface area contributed by atoms with E-state index in [-0.39, 0.29) is 0 Å². The van der Waals surface area contributed by atoms with Gasteiger partial charge in [-0.3, -0.25) is 0 Å². The third kappa shape index (κ3) is 2.31. The molecular formula is C7H12BrN3. The average Bonchev–Trinajstić information content (AvgIpc) is 2.09. The second kappa shape index (κ2) is 3.36. The van der Waals surface area contributed by atoms with E-state index in [1.54, 1.807) is 0 Å². The molecular weight excluding hydrogens is 206 g/mol. The van der Waals surface area contributed by atoms with Gasteiger partial charge in [0.1, 0.15) is 10.4 Å². The molecule has 0 aliphatic carbocycles. The van der Waals surface area contributed by atoms with Gasteiger partial charge in [-0.1, -0.05) is 0 Å². The number of rotatable bonds is 2. The van der Waals surface area contributed by atoms with E-state index >= 15 is 0 Å². The average molecular weight is 218 g/mol. The number of nitrogens with zero attached hydrogens (tertiary/aromatic N) is 3. The van der Waals surface area contributed by atoms with E-state index in [1.165, 1.54) is 0 Å². The Hall–Kier alpha value is -0.350. The number of imidazole rings is 1. The van der Waals surface area contributed by atoms with E-state index in [4.69, 9.17) is 0 Å². The number of aromatic nitrogens is 2. The Morgan fingerprint density at radius 1 is 1.64 bits per heavy atom. The number of aryl methyl sites for hydroxylation is 1. The lowest BCUT2D eigenvalue weighted by molar-refractivity contribution is 0.384. The molecule has 1 rings (SSSR count). The predicted molar refractivity (Wildman–Crippen MR) is 48.3 cm³/mol. The zero-order valence-corrected chi connectivity index (χ0v) is 8.59. The number of hydrogen-bond acceptors (Lipinski definition) is 2. The SMILES string of the molecule is CN(C)Cc1nc(Br)cn1C. The van der Waals surface area contributed by atoms with Crippen molar-refractivity contribution in [1.82, 2.24) is 14.5 Å². The first-order valence-electron chi connectivity index (χ1n) is 3.42. The van der Waals surface area contributed by atoms with Gasteiger partial charge < -0.3 is 9.47 Å². The molecule has 0 saturated carbocycles. The van der Waals surface area contributed by atoms with E-state index in [1.807, 2.05) is 31.9 Å². The summed E-state index contributed by atoms with van der Waals surface area (Å²) < 4.78 is 2.92. The highest BCUT2D eigenvalue weighted by Crippen LogP contribution is 2.08. The Bertz CT molecular complexity index is 242. The molecule has 0 saturated heterocycles. The van der Waals surface area contributed by atoms with Crippen molar-refractivity contribution in [3.05, 3.63) is 16.6 Å². The van der Waals surface area contributed by atoms with Crippen LogP contribution in [0.25, 0.3) is 0 Å². The third-order valence-corrected chi connectivity index (χ3v) is 1.78. The summed E-state index contributed by atoms with van der Waals surface area (Å²) in [5.74, 6) is 1.07. The summed E-state index contributed by atoms with van der Waals surface area (Å²) in [7, 11) is 6.06. The highest BCUT2D eigenvalue weighted by Gasteiger charge is 2.02. The predicted octanol–water partition coefficient (Wildman–Crippen LogP) is 1.24. The zero-order valence-electron chi connectivity index (χ0n) is 7.00. The first-order chi connectivity index (χ1) is 5.09. The molecule has 0 radical (unpaired) electrons. The number of hydrogen-bond donors (Lipinski definition) is 0. The molecule has 11 heavy (non-hydrogen) atoms. The van der Waals surface area contributed by atoms with Crippen molar-refractivity contribution >= 4 is 15.9 Å². The maximum Gasteiger partial charge on any atom is 0.124 e. The van der Waals surface area contributed by atoms with Crippen LogP contribution in [0.4, 0.5) is 0 Å². The van der Waals surface area contributed by atoms with Crippen LogP contribution < -0.4 is 0 Å². The standard InChI is InChI=1S/C7H12BrN3/c1-10(2)5-7-9-6(8)4-11(7)3/h4H,5H2,1-3H3. The second-order valence-electron chi connectivity index (χ2n) is 2.83. The van der Waals surface area contributed by atoms with Gasteiger partial charge in [0.2, 0.25) is 0 Å². The lowest BCUT2D eigenvalue weighted by Crippen LogP contribution is -2.14. The maximum atomic E-state index is 4.29. The highest BCUT2D eigenvalue weighted by atomic mass is 79.9.